The number of methoxy groups -OCH3 is 2. The van der Waals surface area contributed by atoms with E-state index < -0.39 is 11.6 Å². The molecule has 0 aromatic heterocycles. The van der Waals surface area contributed by atoms with Crippen molar-refractivity contribution in [3.8, 4) is 11.5 Å². The molecular weight excluding hydrogens is 312 g/mol. The second-order valence-electron chi connectivity index (χ2n) is 5.59. The maximum Gasteiger partial charge on any atom is 0.166 e. The minimum absolute atomic E-state index is 0.101. The number of rotatable bonds is 4. The Labute approximate surface area is 139 Å². The van der Waals surface area contributed by atoms with E-state index >= 15 is 0 Å². The summed E-state index contributed by atoms with van der Waals surface area (Å²) in [5, 5.41) is 3.37. The molecule has 0 saturated carbocycles. The number of ether oxygens (including phenoxy) is 2. The van der Waals surface area contributed by atoms with E-state index in [1.165, 1.54) is 6.07 Å². The summed E-state index contributed by atoms with van der Waals surface area (Å²) >= 11 is 0. The SMILES string of the molecule is COc1cc2c(cc1OC)C(/C=C/c1cccc(F)c1F)NCC2. The van der Waals surface area contributed by atoms with Gasteiger partial charge in [0, 0.05) is 12.1 Å². The molecule has 24 heavy (non-hydrogen) atoms. The third-order valence-corrected chi connectivity index (χ3v) is 4.19. The summed E-state index contributed by atoms with van der Waals surface area (Å²) in [6.07, 6.45) is 4.30. The number of fused-ring (bicyclic) bond motifs is 1. The molecule has 0 saturated heterocycles. The zero-order valence-corrected chi connectivity index (χ0v) is 13.6. The number of benzene rings is 2. The summed E-state index contributed by atoms with van der Waals surface area (Å²) in [5.41, 5.74) is 2.43. The topological polar surface area (TPSA) is 30.5 Å². The molecule has 0 bridgehead atoms. The van der Waals surface area contributed by atoms with Gasteiger partial charge >= 0.3 is 0 Å². The molecule has 1 heterocycles. The lowest BCUT2D eigenvalue weighted by molar-refractivity contribution is 0.353. The Morgan fingerprint density at radius 1 is 1.12 bits per heavy atom. The first kappa shape index (κ1) is 16.5. The summed E-state index contributed by atoms with van der Waals surface area (Å²) in [6.45, 7) is 0.795. The lowest BCUT2D eigenvalue weighted by Gasteiger charge is -2.26. The van der Waals surface area contributed by atoms with Crippen molar-refractivity contribution in [1.82, 2.24) is 5.32 Å². The van der Waals surface area contributed by atoms with Crippen molar-refractivity contribution in [3.63, 3.8) is 0 Å². The molecule has 0 fully saturated rings. The molecule has 0 radical (unpaired) electrons. The summed E-state index contributed by atoms with van der Waals surface area (Å²) in [4.78, 5) is 0. The van der Waals surface area contributed by atoms with Gasteiger partial charge in [0.1, 0.15) is 0 Å². The van der Waals surface area contributed by atoms with E-state index in [0.29, 0.717) is 11.5 Å². The van der Waals surface area contributed by atoms with E-state index in [9.17, 15) is 8.78 Å². The fraction of sp³-hybridized carbons (Fsp3) is 0.263. The lowest BCUT2D eigenvalue weighted by atomic mass is 9.93. The molecular formula is C19H19F2NO2. The predicted octanol–water partition coefficient (Wildman–Crippen LogP) is 3.88. The zero-order valence-electron chi connectivity index (χ0n) is 13.6. The van der Waals surface area contributed by atoms with Gasteiger partial charge in [-0.1, -0.05) is 24.3 Å². The fourth-order valence-corrected chi connectivity index (χ4v) is 2.94. The third kappa shape index (κ3) is 3.12. The Hall–Kier alpha value is -2.40. The van der Waals surface area contributed by atoms with Gasteiger partial charge in [-0.2, -0.15) is 0 Å². The Morgan fingerprint density at radius 3 is 2.62 bits per heavy atom. The van der Waals surface area contributed by atoms with E-state index in [1.54, 1.807) is 26.4 Å². The first-order valence-electron chi connectivity index (χ1n) is 7.74. The molecule has 0 amide bonds. The van der Waals surface area contributed by atoms with Crippen molar-refractivity contribution in [2.45, 2.75) is 12.5 Å². The highest BCUT2D eigenvalue weighted by Gasteiger charge is 2.21. The van der Waals surface area contributed by atoms with Crippen LogP contribution >= 0.6 is 0 Å². The second-order valence-corrected chi connectivity index (χ2v) is 5.59. The largest absolute Gasteiger partial charge is 0.493 e. The maximum absolute atomic E-state index is 13.8. The predicted molar refractivity (Wildman–Crippen MR) is 89.4 cm³/mol. The van der Waals surface area contributed by atoms with Crippen LogP contribution in [0.2, 0.25) is 0 Å². The lowest BCUT2D eigenvalue weighted by Crippen LogP contribution is -2.28. The van der Waals surface area contributed by atoms with E-state index in [4.69, 9.17) is 9.47 Å². The molecule has 5 heteroatoms. The highest BCUT2D eigenvalue weighted by Crippen LogP contribution is 2.35. The van der Waals surface area contributed by atoms with Crippen molar-refractivity contribution in [2.24, 2.45) is 0 Å². The van der Waals surface area contributed by atoms with Crippen LogP contribution in [0.4, 0.5) is 8.78 Å². The minimum atomic E-state index is -0.847. The summed E-state index contributed by atoms with van der Waals surface area (Å²) in [5.74, 6) is -0.343. The molecule has 1 aliphatic rings. The van der Waals surface area contributed by atoms with Crippen molar-refractivity contribution < 1.29 is 18.3 Å². The van der Waals surface area contributed by atoms with Crippen LogP contribution < -0.4 is 14.8 Å². The normalized spacial score (nSPS) is 16.9. The van der Waals surface area contributed by atoms with Gasteiger partial charge in [-0.25, -0.2) is 8.78 Å². The summed E-state index contributed by atoms with van der Waals surface area (Å²) in [7, 11) is 3.20. The highest BCUT2D eigenvalue weighted by molar-refractivity contribution is 5.55. The molecule has 1 unspecified atom stereocenters. The minimum Gasteiger partial charge on any atom is -0.493 e. The highest BCUT2D eigenvalue weighted by atomic mass is 19.2. The Balaban J connectivity index is 1.94. The molecule has 0 spiro atoms. The molecule has 126 valence electrons. The quantitative estimate of drug-likeness (QED) is 0.922. The van der Waals surface area contributed by atoms with Gasteiger partial charge < -0.3 is 14.8 Å². The average Bonchev–Trinajstić information content (AvgIpc) is 2.61. The van der Waals surface area contributed by atoms with Crippen LogP contribution in [0.5, 0.6) is 11.5 Å². The molecule has 1 aliphatic heterocycles. The molecule has 3 rings (SSSR count). The van der Waals surface area contributed by atoms with Crippen molar-refractivity contribution in [2.75, 3.05) is 20.8 Å². The number of nitrogens with one attached hydrogen (secondary N) is 1. The molecule has 0 aliphatic carbocycles. The van der Waals surface area contributed by atoms with Gasteiger partial charge in [0.2, 0.25) is 0 Å². The monoisotopic (exact) mass is 331 g/mol. The molecule has 3 nitrogen and oxygen atoms in total. The van der Waals surface area contributed by atoms with E-state index in [1.807, 2.05) is 18.2 Å². The summed E-state index contributed by atoms with van der Waals surface area (Å²) < 4.78 is 37.8. The third-order valence-electron chi connectivity index (χ3n) is 4.19. The Bertz CT molecular complexity index is 774. The van der Waals surface area contributed by atoms with Gasteiger partial charge in [0.15, 0.2) is 23.1 Å². The smallest absolute Gasteiger partial charge is 0.166 e. The van der Waals surface area contributed by atoms with Gasteiger partial charge in [0.05, 0.1) is 20.3 Å². The molecule has 1 atom stereocenters. The Kier molecular flexibility index (Phi) is 4.81. The molecule has 1 N–H and O–H groups in total. The standard InChI is InChI=1S/C19H19F2NO2/c1-23-17-10-13-8-9-22-16(14(13)11-18(17)24-2)7-6-12-4-3-5-15(20)19(12)21/h3-7,10-11,16,22H,8-9H2,1-2H3/b7-6+. The zero-order chi connectivity index (χ0) is 17.1. The van der Waals surface area contributed by atoms with Crippen LogP contribution in [-0.2, 0) is 6.42 Å². The molecule has 2 aromatic rings. The van der Waals surface area contributed by atoms with Crippen LogP contribution in [0.1, 0.15) is 22.7 Å². The van der Waals surface area contributed by atoms with Gasteiger partial charge in [0.25, 0.3) is 0 Å². The van der Waals surface area contributed by atoms with E-state index in [-0.39, 0.29) is 11.6 Å². The Morgan fingerprint density at radius 2 is 1.88 bits per heavy atom. The van der Waals surface area contributed by atoms with Crippen molar-refractivity contribution in [1.29, 1.82) is 0 Å². The van der Waals surface area contributed by atoms with Crippen LogP contribution in [0, 0.1) is 11.6 Å². The van der Waals surface area contributed by atoms with Crippen molar-refractivity contribution >= 4 is 6.08 Å². The van der Waals surface area contributed by atoms with Gasteiger partial charge in [-0.15, -0.1) is 0 Å². The van der Waals surface area contributed by atoms with Crippen LogP contribution in [0.25, 0.3) is 6.08 Å². The van der Waals surface area contributed by atoms with Gasteiger partial charge in [-0.05, 0) is 35.7 Å². The first-order chi connectivity index (χ1) is 11.6. The van der Waals surface area contributed by atoms with E-state index in [2.05, 4.69) is 5.32 Å². The maximum atomic E-state index is 13.8. The van der Waals surface area contributed by atoms with Gasteiger partial charge in [-0.3, -0.25) is 0 Å². The average molecular weight is 331 g/mol. The molecule has 2 aromatic carbocycles. The fourth-order valence-electron chi connectivity index (χ4n) is 2.94. The second kappa shape index (κ2) is 7.01. The van der Waals surface area contributed by atoms with Crippen LogP contribution in [0.3, 0.4) is 0 Å². The van der Waals surface area contributed by atoms with E-state index in [0.717, 1.165) is 30.2 Å². The van der Waals surface area contributed by atoms with Crippen molar-refractivity contribution in [3.05, 3.63) is 64.7 Å². The number of hydrogen-bond donors (Lipinski definition) is 1. The summed E-state index contributed by atoms with van der Waals surface area (Å²) in [6, 6.07) is 7.95. The number of halogens is 2. The first-order valence-corrected chi connectivity index (χ1v) is 7.74. The number of hydrogen-bond acceptors (Lipinski definition) is 3. The van der Waals surface area contributed by atoms with Crippen LogP contribution in [0.15, 0.2) is 36.4 Å². The van der Waals surface area contributed by atoms with Crippen LogP contribution in [-0.4, -0.2) is 20.8 Å².